The normalized spacial score (nSPS) is 15.0. The number of rotatable bonds is 3. The van der Waals surface area contributed by atoms with Gasteiger partial charge in [0, 0.05) is 21.8 Å². The quantitative estimate of drug-likeness (QED) is 0.653. The summed E-state index contributed by atoms with van der Waals surface area (Å²) in [6, 6.07) is 14.9. The van der Waals surface area contributed by atoms with Gasteiger partial charge in [-0.2, -0.15) is 0 Å². The number of hydrogen-bond donors (Lipinski definition) is 2. The van der Waals surface area contributed by atoms with Gasteiger partial charge in [-0.1, -0.05) is 11.6 Å². The average molecular weight is 401 g/mol. The molecule has 1 amide bonds. The molecule has 3 aromatic rings. The molecule has 27 heavy (non-hydrogen) atoms. The van der Waals surface area contributed by atoms with E-state index in [-0.39, 0.29) is 10.8 Å². The number of anilines is 1. The molecule has 136 valence electrons. The number of halogens is 1. The fourth-order valence-corrected chi connectivity index (χ4v) is 3.50. The highest BCUT2D eigenvalue weighted by Crippen LogP contribution is 2.35. The fourth-order valence-electron chi connectivity index (χ4n) is 2.83. The number of sulfonamides is 1. The second-order valence-corrected chi connectivity index (χ2v) is 7.97. The van der Waals surface area contributed by atoms with Crippen molar-refractivity contribution >= 4 is 44.9 Å². The first-order valence-corrected chi connectivity index (χ1v) is 9.80. The summed E-state index contributed by atoms with van der Waals surface area (Å²) < 4.78 is 29.0. The summed E-state index contributed by atoms with van der Waals surface area (Å²) in [5.41, 5.74) is 2.11. The van der Waals surface area contributed by atoms with E-state index in [0.717, 1.165) is 5.56 Å². The highest BCUT2D eigenvalue weighted by atomic mass is 35.5. The van der Waals surface area contributed by atoms with Crippen LogP contribution in [-0.4, -0.2) is 14.3 Å². The zero-order valence-electron chi connectivity index (χ0n) is 13.8. The number of carbonyl (C=O) groups excluding carboxylic acids is 1. The molecule has 6 nitrogen and oxygen atoms in total. The van der Waals surface area contributed by atoms with Crippen LogP contribution < -0.4 is 10.5 Å². The highest BCUT2D eigenvalue weighted by Gasteiger charge is 2.26. The number of hydrogen-bond acceptors (Lipinski definition) is 4. The van der Waals surface area contributed by atoms with Crippen LogP contribution in [-0.2, 0) is 14.8 Å². The maximum Gasteiger partial charge on any atom is 0.256 e. The monoisotopic (exact) mass is 400 g/mol. The van der Waals surface area contributed by atoms with Crippen LogP contribution in [0.25, 0.3) is 23.0 Å². The lowest BCUT2D eigenvalue weighted by atomic mass is 10.1. The molecule has 2 aromatic carbocycles. The molecule has 0 radical (unpaired) electrons. The highest BCUT2D eigenvalue weighted by molar-refractivity contribution is 7.89. The zero-order valence-corrected chi connectivity index (χ0v) is 15.3. The van der Waals surface area contributed by atoms with Crippen molar-refractivity contribution in [1.29, 1.82) is 0 Å². The lowest BCUT2D eigenvalue weighted by Crippen LogP contribution is -2.12. The second-order valence-electron chi connectivity index (χ2n) is 5.97. The topological polar surface area (TPSA) is 102 Å². The Balaban J connectivity index is 1.73. The van der Waals surface area contributed by atoms with Crippen LogP contribution in [0.3, 0.4) is 0 Å². The third-order valence-corrected chi connectivity index (χ3v) is 5.31. The van der Waals surface area contributed by atoms with Crippen LogP contribution in [0, 0.1) is 0 Å². The molecular weight excluding hydrogens is 388 g/mol. The molecule has 4 rings (SSSR count). The Morgan fingerprint density at radius 1 is 1.04 bits per heavy atom. The lowest BCUT2D eigenvalue weighted by molar-refractivity contribution is -0.110. The minimum absolute atomic E-state index is 0.0649. The number of amides is 1. The first-order chi connectivity index (χ1) is 12.8. The largest absolute Gasteiger partial charge is 0.457 e. The molecule has 8 heteroatoms. The maximum atomic E-state index is 12.3. The molecule has 1 aliphatic heterocycles. The van der Waals surface area contributed by atoms with Gasteiger partial charge in [-0.25, -0.2) is 13.6 Å². The standard InChI is InChI=1S/C19H13ClN2O4S/c20-12-3-1-11(2-4-12)18-8-5-13(26-18)9-16-15-10-14(27(21,24)25)6-7-17(15)22-19(16)23/h1-10H,(H,22,23)(H2,21,24,25)/b16-9+. The van der Waals surface area contributed by atoms with Gasteiger partial charge in [-0.15, -0.1) is 0 Å². The average Bonchev–Trinajstić information content (AvgIpc) is 3.20. The molecule has 3 N–H and O–H groups in total. The number of fused-ring (bicyclic) bond motifs is 1. The van der Waals surface area contributed by atoms with Gasteiger partial charge in [0.05, 0.1) is 10.5 Å². The molecular formula is C19H13ClN2O4S. The Hall–Kier alpha value is -2.87. The zero-order chi connectivity index (χ0) is 19.2. The fraction of sp³-hybridized carbons (Fsp3) is 0. The number of carbonyl (C=O) groups is 1. The SMILES string of the molecule is NS(=O)(=O)c1ccc2c(c1)/C(=C\c1ccc(-c3ccc(Cl)cc3)o1)C(=O)N2. The summed E-state index contributed by atoms with van der Waals surface area (Å²) in [6.07, 6.45) is 1.56. The second kappa shape index (κ2) is 6.38. The molecule has 0 unspecified atom stereocenters. The van der Waals surface area contributed by atoms with Crippen molar-refractivity contribution in [2.45, 2.75) is 4.90 Å². The summed E-state index contributed by atoms with van der Waals surface area (Å²) in [6.45, 7) is 0. The number of nitrogens with one attached hydrogen (secondary N) is 1. The minimum atomic E-state index is -3.87. The molecule has 1 aliphatic rings. The van der Waals surface area contributed by atoms with Crippen molar-refractivity contribution in [2.75, 3.05) is 5.32 Å². The Kier molecular flexibility index (Phi) is 4.15. The number of nitrogens with two attached hydrogens (primary N) is 1. The molecule has 1 aromatic heterocycles. The molecule has 0 aliphatic carbocycles. The summed E-state index contributed by atoms with van der Waals surface area (Å²) in [4.78, 5) is 12.2. The van der Waals surface area contributed by atoms with Gasteiger partial charge in [0.1, 0.15) is 11.5 Å². The van der Waals surface area contributed by atoms with Crippen LogP contribution in [0.2, 0.25) is 5.02 Å². The maximum absolute atomic E-state index is 12.3. The van der Waals surface area contributed by atoms with Crippen molar-refractivity contribution < 1.29 is 17.6 Å². The van der Waals surface area contributed by atoms with Crippen molar-refractivity contribution in [3.63, 3.8) is 0 Å². The number of primary sulfonamides is 1. The van der Waals surface area contributed by atoms with Gasteiger partial charge in [0.25, 0.3) is 5.91 Å². The third-order valence-electron chi connectivity index (χ3n) is 4.14. The molecule has 0 spiro atoms. The molecule has 2 heterocycles. The van der Waals surface area contributed by atoms with Gasteiger partial charge in [-0.3, -0.25) is 4.79 Å². The van der Waals surface area contributed by atoms with E-state index in [1.54, 1.807) is 30.3 Å². The summed E-state index contributed by atoms with van der Waals surface area (Å²) in [5.74, 6) is 0.732. The van der Waals surface area contributed by atoms with Gasteiger partial charge in [0.2, 0.25) is 10.0 Å². The predicted octanol–water partition coefficient (Wildman–Crippen LogP) is 3.74. The summed E-state index contributed by atoms with van der Waals surface area (Å²) in [5, 5.41) is 8.50. The first kappa shape index (κ1) is 17.5. The Morgan fingerprint density at radius 3 is 2.48 bits per heavy atom. The molecule has 0 atom stereocenters. The van der Waals surface area contributed by atoms with Crippen LogP contribution >= 0.6 is 11.6 Å². The van der Waals surface area contributed by atoms with Crippen molar-refractivity contribution in [3.05, 3.63) is 70.9 Å². The summed E-state index contributed by atoms with van der Waals surface area (Å²) in [7, 11) is -3.87. The Morgan fingerprint density at radius 2 is 1.78 bits per heavy atom. The van der Waals surface area contributed by atoms with Crippen LogP contribution in [0.4, 0.5) is 5.69 Å². The predicted molar refractivity (Wildman–Crippen MR) is 103 cm³/mol. The smallest absolute Gasteiger partial charge is 0.256 e. The first-order valence-electron chi connectivity index (χ1n) is 7.87. The van der Waals surface area contributed by atoms with Gasteiger partial charge in [0.15, 0.2) is 0 Å². The van der Waals surface area contributed by atoms with Gasteiger partial charge >= 0.3 is 0 Å². The molecule has 0 fully saturated rings. The van der Waals surface area contributed by atoms with Crippen LogP contribution in [0.1, 0.15) is 11.3 Å². The van der Waals surface area contributed by atoms with Crippen LogP contribution in [0.5, 0.6) is 0 Å². The van der Waals surface area contributed by atoms with E-state index in [1.165, 1.54) is 18.2 Å². The third kappa shape index (κ3) is 3.40. The van der Waals surface area contributed by atoms with Gasteiger partial charge in [-0.05, 0) is 60.7 Å². The Labute approximate surface area is 160 Å². The van der Waals surface area contributed by atoms with Crippen molar-refractivity contribution in [2.24, 2.45) is 5.14 Å². The van der Waals surface area contributed by atoms with Gasteiger partial charge < -0.3 is 9.73 Å². The van der Waals surface area contributed by atoms with E-state index in [4.69, 9.17) is 21.2 Å². The van der Waals surface area contributed by atoms with E-state index < -0.39 is 10.0 Å². The number of benzene rings is 2. The van der Waals surface area contributed by atoms with Crippen molar-refractivity contribution in [1.82, 2.24) is 0 Å². The van der Waals surface area contributed by atoms with Crippen LogP contribution in [0.15, 0.2) is 63.9 Å². The molecule has 0 saturated carbocycles. The van der Waals surface area contributed by atoms with E-state index in [1.807, 2.05) is 12.1 Å². The Bertz CT molecular complexity index is 1190. The van der Waals surface area contributed by atoms with E-state index in [9.17, 15) is 13.2 Å². The van der Waals surface area contributed by atoms with Crippen molar-refractivity contribution in [3.8, 4) is 11.3 Å². The molecule has 0 saturated heterocycles. The van der Waals surface area contributed by atoms with E-state index in [0.29, 0.717) is 33.4 Å². The van der Waals surface area contributed by atoms with E-state index >= 15 is 0 Å². The number of furan rings is 1. The van der Waals surface area contributed by atoms with E-state index in [2.05, 4.69) is 5.32 Å². The lowest BCUT2D eigenvalue weighted by Gasteiger charge is -2.02. The summed E-state index contributed by atoms with van der Waals surface area (Å²) >= 11 is 5.89. The molecule has 0 bridgehead atoms. The minimum Gasteiger partial charge on any atom is -0.457 e.